The van der Waals surface area contributed by atoms with Crippen molar-refractivity contribution in [3.8, 4) is 0 Å². The first kappa shape index (κ1) is 27.9. The van der Waals surface area contributed by atoms with Gasteiger partial charge in [-0.25, -0.2) is 0 Å². The van der Waals surface area contributed by atoms with Gasteiger partial charge in [-0.3, -0.25) is 9.59 Å². The van der Waals surface area contributed by atoms with Gasteiger partial charge >= 0.3 is 0 Å². The van der Waals surface area contributed by atoms with Crippen LogP contribution in [-0.4, -0.2) is 69.0 Å². The van der Waals surface area contributed by atoms with E-state index in [0.29, 0.717) is 35.4 Å². The van der Waals surface area contributed by atoms with Crippen LogP contribution in [0.15, 0.2) is 24.3 Å². The van der Waals surface area contributed by atoms with Crippen molar-refractivity contribution in [1.29, 1.82) is 0 Å². The third-order valence-corrected chi connectivity index (χ3v) is 17.0. The zero-order valence-electron chi connectivity index (χ0n) is 17.6. The molecular weight excluding hydrogens is 529 g/mol. The van der Waals surface area contributed by atoms with Gasteiger partial charge in [-0.1, -0.05) is 36.7 Å². The number of rotatable bonds is 12. The highest BCUT2D eigenvalue weighted by Gasteiger charge is 2.29. The second-order valence-electron chi connectivity index (χ2n) is 7.03. The van der Waals surface area contributed by atoms with Gasteiger partial charge in [0.2, 0.25) is 10.2 Å². The Bertz CT molecular complexity index is 574. The molecule has 2 nitrogen and oxygen atoms in total. The normalized spacial score (nSPS) is 27.2. The lowest BCUT2D eigenvalue weighted by atomic mass is 10.4. The summed E-state index contributed by atoms with van der Waals surface area (Å²) in [5, 5.41) is 1.42. The van der Waals surface area contributed by atoms with Gasteiger partial charge in [0, 0.05) is 49.6 Å². The van der Waals surface area contributed by atoms with Crippen LogP contribution in [0.3, 0.4) is 0 Å². The molecule has 10 heteroatoms. The number of carbonyl (C=O) groups excluding carboxylic acids is 2. The highest BCUT2D eigenvalue weighted by atomic mass is 32.2. The molecule has 0 amide bonds. The fourth-order valence-corrected chi connectivity index (χ4v) is 14.3. The number of hydrogen-bond donors (Lipinski definition) is 0. The maximum atomic E-state index is 11.7. The molecule has 2 aliphatic heterocycles. The number of thioether (sulfide) groups is 8. The Morgan fingerprint density at radius 1 is 0.833 bits per heavy atom. The number of hydrogen-bond acceptors (Lipinski definition) is 10. The smallest absolute Gasteiger partial charge is 0.214 e. The molecule has 4 unspecified atom stereocenters. The maximum absolute atomic E-state index is 11.7. The first-order valence-electron chi connectivity index (χ1n) is 9.67. The summed E-state index contributed by atoms with van der Waals surface area (Å²) in [5.74, 6) is 6.45. The summed E-state index contributed by atoms with van der Waals surface area (Å²) in [6.07, 6.45) is 0. The van der Waals surface area contributed by atoms with Crippen LogP contribution in [0.4, 0.5) is 0 Å². The lowest BCUT2D eigenvalue weighted by Gasteiger charge is -2.16. The van der Waals surface area contributed by atoms with Crippen molar-refractivity contribution in [3.63, 3.8) is 0 Å². The quantitative estimate of drug-likeness (QED) is 0.188. The molecule has 2 heterocycles. The molecule has 0 aromatic carbocycles. The van der Waals surface area contributed by atoms with E-state index in [9.17, 15) is 9.59 Å². The highest BCUT2D eigenvalue weighted by molar-refractivity contribution is 8.24. The summed E-state index contributed by atoms with van der Waals surface area (Å²) in [5.41, 5.74) is 1.30. The van der Waals surface area contributed by atoms with Gasteiger partial charge < -0.3 is 0 Å². The van der Waals surface area contributed by atoms with Crippen molar-refractivity contribution in [3.05, 3.63) is 24.3 Å². The molecule has 0 spiro atoms. The molecule has 0 N–H and O–H groups in total. The first-order valence-corrected chi connectivity index (χ1v) is 17.7. The molecule has 4 atom stereocenters. The summed E-state index contributed by atoms with van der Waals surface area (Å²) >= 11 is 15.2. The topological polar surface area (TPSA) is 34.1 Å². The van der Waals surface area contributed by atoms with Gasteiger partial charge in [0.15, 0.2) is 0 Å². The van der Waals surface area contributed by atoms with E-state index in [1.54, 1.807) is 13.8 Å². The summed E-state index contributed by atoms with van der Waals surface area (Å²) in [6, 6.07) is 0. The monoisotopic (exact) mass is 558 g/mol. The highest BCUT2D eigenvalue weighted by Crippen LogP contribution is 2.44. The molecule has 0 aromatic heterocycles. The van der Waals surface area contributed by atoms with Crippen molar-refractivity contribution in [2.45, 2.75) is 45.0 Å². The zero-order chi connectivity index (χ0) is 22.1. The molecule has 0 radical (unpaired) electrons. The average molecular weight is 559 g/mol. The van der Waals surface area contributed by atoms with Gasteiger partial charge in [-0.05, 0) is 31.9 Å². The molecule has 2 saturated heterocycles. The summed E-state index contributed by atoms with van der Waals surface area (Å²) in [4.78, 5) is 23.4. The molecule has 2 aliphatic rings. The van der Waals surface area contributed by atoms with Crippen molar-refractivity contribution in [2.75, 3.05) is 34.5 Å². The number of carbonyl (C=O) groups is 2. The molecule has 0 saturated carbocycles. The predicted octanol–water partition coefficient (Wildman–Crippen LogP) is 6.82. The van der Waals surface area contributed by atoms with E-state index in [4.69, 9.17) is 0 Å². The first-order chi connectivity index (χ1) is 14.2. The fraction of sp³-hybridized carbons (Fsp3) is 0.700. The lowest BCUT2D eigenvalue weighted by molar-refractivity contribution is -0.108. The van der Waals surface area contributed by atoms with Gasteiger partial charge in [0.1, 0.15) is 0 Å². The molecule has 30 heavy (non-hydrogen) atoms. The van der Waals surface area contributed by atoms with Gasteiger partial charge in [-0.2, -0.15) is 0 Å². The van der Waals surface area contributed by atoms with E-state index < -0.39 is 0 Å². The van der Waals surface area contributed by atoms with Crippen LogP contribution in [-0.2, 0) is 9.59 Å². The Labute approximate surface area is 216 Å². The Kier molecular flexibility index (Phi) is 13.7. The van der Waals surface area contributed by atoms with Crippen LogP contribution in [0, 0.1) is 0 Å². The molecule has 0 aromatic rings. The average Bonchev–Trinajstić information content (AvgIpc) is 3.36. The van der Waals surface area contributed by atoms with Crippen molar-refractivity contribution >= 4 is 104 Å². The molecule has 0 aliphatic carbocycles. The van der Waals surface area contributed by atoms with E-state index in [0.717, 1.165) is 23.0 Å². The SMILES string of the molecule is C=C(C)C(=O)SCC1CSC(CSC(C)SCC2SCC(CSC(=O)C(=C)C)S2)S1. The van der Waals surface area contributed by atoms with Crippen LogP contribution >= 0.6 is 94.1 Å². The van der Waals surface area contributed by atoms with E-state index in [1.165, 1.54) is 35.0 Å². The van der Waals surface area contributed by atoms with Crippen LogP contribution < -0.4 is 0 Å². The Morgan fingerprint density at radius 2 is 1.23 bits per heavy atom. The third-order valence-electron chi connectivity index (χ3n) is 4.06. The second-order valence-corrected chi connectivity index (χ2v) is 18.1. The Hall–Kier alpha value is 1.62. The minimum absolute atomic E-state index is 0.134. The molecule has 0 bridgehead atoms. The Morgan fingerprint density at radius 3 is 1.60 bits per heavy atom. The minimum Gasteiger partial charge on any atom is -0.282 e. The van der Waals surface area contributed by atoms with Crippen LogP contribution in [0.2, 0.25) is 0 Å². The molecular formula is C20H30O2S8. The zero-order valence-corrected chi connectivity index (χ0v) is 24.2. The standard InChI is InChI=1S/C20H30O2S8/c1-12(2)19(21)27-8-15-6-25-17(29-15)10-23-14(5)24-11-18-26-7-16(30-18)9-28-20(22)13(3)4/h14-18H,1,3,6-11H2,2,4-5H3. The second kappa shape index (κ2) is 14.8. The van der Waals surface area contributed by atoms with Crippen LogP contribution in [0.1, 0.15) is 20.8 Å². The van der Waals surface area contributed by atoms with Crippen molar-refractivity contribution in [2.24, 2.45) is 0 Å². The summed E-state index contributed by atoms with van der Waals surface area (Å²) < 4.78 is 1.89. The van der Waals surface area contributed by atoms with Gasteiger partial charge in [-0.15, -0.1) is 70.6 Å². The summed E-state index contributed by atoms with van der Waals surface area (Å²) in [6.45, 7) is 13.4. The van der Waals surface area contributed by atoms with E-state index in [-0.39, 0.29) is 10.2 Å². The van der Waals surface area contributed by atoms with Gasteiger partial charge in [0.05, 0.1) is 9.16 Å². The summed E-state index contributed by atoms with van der Waals surface area (Å²) in [7, 11) is 0. The van der Waals surface area contributed by atoms with Crippen LogP contribution in [0.25, 0.3) is 0 Å². The van der Waals surface area contributed by atoms with Gasteiger partial charge in [0.25, 0.3) is 0 Å². The third kappa shape index (κ3) is 10.7. The van der Waals surface area contributed by atoms with Crippen molar-refractivity contribution < 1.29 is 9.59 Å². The maximum Gasteiger partial charge on any atom is 0.214 e. The predicted molar refractivity (Wildman–Crippen MR) is 154 cm³/mol. The van der Waals surface area contributed by atoms with E-state index >= 15 is 0 Å². The molecule has 2 rings (SSSR count). The van der Waals surface area contributed by atoms with Crippen LogP contribution in [0.5, 0.6) is 0 Å². The molecule has 2 fully saturated rings. The fourth-order valence-electron chi connectivity index (χ4n) is 2.43. The Balaban J connectivity index is 1.54. The van der Waals surface area contributed by atoms with Crippen molar-refractivity contribution in [1.82, 2.24) is 0 Å². The lowest BCUT2D eigenvalue weighted by Crippen LogP contribution is -2.09. The van der Waals surface area contributed by atoms with E-state index in [1.807, 2.05) is 47.0 Å². The minimum atomic E-state index is 0.134. The van der Waals surface area contributed by atoms with E-state index in [2.05, 4.69) is 43.6 Å². The molecule has 170 valence electrons. The largest absolute Gasteiger partial charge is 0.282 e.